The van der Waals surface area contributed by atoms with E-state index < -0.39 is 27.0 Å². The van der Waals surface area contributed by atoms with Gasteiger partial charge in [0.1, 0.15) is 73.4 Å². The molecule has 10 rings (SSSR count). The van der Waals surface area contributed by atoms with Crippen LogP contribution in [0, 0.1) is 11.6 Å². The zero-order valence-electron chi connectivity index (χ0n) is 47.4. The van der Waals surface area contributed by atoms with Gasteiger partial charge in [-0.3, -0.25) is 14.4 Å². The highest BCUT2D eigenvalue weighted by atomic mass is 28.3. The van der Waals surface area contributed by atoms with Gasteiger partial charge in [0.2, 0.25) is 0 Å². The number of hydrogen-bond donors (Lipinski definition) is 2. The van der Waals surface area contributed by atoms with Crippen molar-refractivity contribution in [3.63, 3.8) is 0 Å². The summed E-state index contributed by atoms with van der Waals surface area (Å²) in [5, 5.41) is 12.1. The maximum absolute atomic E-state index is 15.2. The van der Waals surface area contributed by atoms with Crippen molar-refractivity contribution in [3.8, 4) is 45.8 Å². The van der Waals surface area contributed by atoms with Crippen molar-refractivity contribution in [1.82, 2.24) is 15.0 Å². The Bertz CT molecular complexity index is 3510. The number of benzene rings is 4. The van der Waals surface area contributed by atoms with E-state index in [1.165, 1.54) is 32.4 Å². The first-order valence-corrected chi connectivity index (χ1v) is 31.4. The second-order valence-corrected chi connectivity index (χ2v) is 27.6. The topological polar surface area (TPSA) is 181 Å². The summed E-state index contributed by atoms with van der Waals surface area (Å²) >= 11 is 0. The standard InChI is InChI=1S/C34H40F2N2O6Si.C29H28F2N2O5/c1-41-31-19-22(8-11-30(31)43-15-13-35)28(39)9-10-29(40)27-18-23-12-14-44-34(23)32(37-27)25-20-38(21-42-16-17-45(2,3)4)33-24(25)6-5-7-26(33)36;1-29(35,10-8-22(34)17-6-7-23(37-13-11-30)24(14-17)36-2)25-15-18-9-12-38-28(18)27(33-25)20-16-32-26-19(20)4-3-5-21(26)31/h5-8,11,18-19,25H,9-10,12-17,20-21H2,1-4H3;3-7,14-16,32,35H,8-13H2,1-2H3. The molecule has 7 aromatic rings. The van der Waals surface area contributed by atoms with Crippen molar-refractivity contribution in [2.45, 2.75) is 82.7 Å². The molecule has 0 saturated heterocycles. The first-order chi connectivity index (χ1) is 39.9. The first-order valence-electron chi connectivity index (χ1n) is 27.7. The molecule has 20 heteroatoms. The minimum Gasteiger partial charge on any atom is -0.493 e. The molecular weight excluding hydrogens is 1090 g/mol. The summed E-state index contributed by atoms with van der Waals surface area (Å²) in [4.78, 5) is 53.9. The number of Topliss-reactive ketones (excluding diaryl/α,β-unsaturated/α-hetero) is 3. The Morgan fingerprint density at radius 3 is 2.01 bits per heavy atom. The van der Waals surface area contributed by atoms with E-state index in [0.29, 0.717) is 124 Å². The Balaban J connectivity index is 0.000000202. The van der Waals surface area contributed by atoms with Gasteiger partial charge >= 0.3 is 0 Å². The largest absolute Gasteiger partial charge is 0.493 e. The van der Waals surface area contributed by atoms with Gasteiger partial charge in [0.05, 0.1) is 50.0 Å². The quantitative estimate of drug-likeness (QED) is 0.0239. The summed E-state index contributed by atoms with van der Waals surface area (Å²) in [6.07, 6.45) is 3.06. The van der Waals surface area contributed by atoms with Crippen LogP contribution in [0.15, 0.2) is 91.1 Å². The van der Waals surface area contributed by atoms with Gasteiger partial charge in [-0.2, -0.15) is 0 Å². The molecule has 3 aliphatic heterocycles. The lowest BCUT2D eigenvalue weighted by Gasteiger charge is -2.24. The van der Waals surface area contributed by atoms with Gasteiger partial charge in [-0.1, -0.05) is 43.9 Å². The van der Waals surface area contributed by atoms with Crippen LogP contribution in [-0.2, 0) is 23.2 Å². The van der Waals surface area contributed by atoms with E-state index in [0.717, 1.165) is 22.7 Å². The van der Waals surface area contributed by atoms with Gasteiger partial charge in [-0.15, -0.1) is 0 Å². The number of aliphatic hydroxyl groups is 1. The SMILES string of the molecule is COc1cc(C(=O)CCC(=O)c2cc3c(c(C4CN(COCC[Si](C)(C)C)c5c(F)cccc54)n2)OCC3)ccc1OCCF.COc1cc(C(=O)CCC(C)(O)c2cc3c(c(-c4c[nH]c5c(F)cccc45)n2)OCC3)ccc1OCCF. The number of anilines is 1. The molecule has 83 heavy (non-hydrogen) atoms. The van der Waals surface area contributed by atoms with Gasteiger partial charge in [0.25, 0.3) is 0 Å². The average molecular weight is 1160 g/mol. The number of ether oxygens (including phenoxy) is 7. The number of hydrogen-bond acceptors (Lipinski definition) is 14. The minimum atomic E-state index is -1.42. The molecule has 2 N–H and O–H groups in total. The fourth-order valence-corrected chi connectivity index (χ4v) is 11.1. The number of aromatic amines is 1. The number of alkyl halides is 2. The zero-order valence-corrected chi connectivity index (χ0v) is 48.4. The van der Waals surface area contributed by atoms with Crippen molar-refractivity contribution in [1.29, 1.82) is 0 Å². The number of nitrogens with zero attached hydrogens (tertiary/aromatic N) is 3. The third-order valence-electron chi connectivity index (χ3n) is 14.9. The van der Waals surface area contributed by atoms with Gasteiger partial charge in [0, 0.05) is 98.6 Å². The summed E-state index contributed by atoms with van der Waals surface area (Å²) < 4.78 is 93.5. The fourth-order valence-electron chi connectivity index (χ4n) is 10.4. The number of H-pyrrole nitrogens is 1. The highest BCUT2D eigenvalue weighted by Crippen LogP contribution is 2.46. The molecule has 0 saturated carbocycles. The van der Waals surface area contributed by atoms with Crippen LogP contribution in [0.2, 0.25) is 25.7 Å². The smallest absolute Gasteiger partial charge is 0.181 e. The molecule has 2 atom stereocenters. The molecule has 2 unspecified atom stereocenters. The Morgan fingerprint density at radius 1 is 0.747 bits per heavy atom. The summed E-state index contributed by atoms with van der Waals surface area (Å²) in [7, 11) is 1.61. The summed E-state index contributed by atoms with van der Waals surface area (Å²) in [6.45, 7) is 9.24. The van der Waals surface area contributed by atoms with Crippen molar-refractivity contribution >= 4 is 42.0 Å². The molecule has 0 amide bonds. The molecule has 6 heterocycles. The summed E-state index contributed by atoms with van der Waals surface area (Å²) in [5.74, 6) is 0.877. The third kappa shape index (κ3) is 13.7. The number of carbonyl (C=O) groups is 3. The Morgan fingerprint density at radius 2 is 1.36 bits per heavy atom. The molecule has 4 aromatic carbocycles. The molecule has 438 valence electrons. The van der Waals surface area contributed by atoms with Gasteiger partial charge in [-0.05, 0) is 85.6 Å². The Labute approximate surface area is 480 Å². The summed E-state index contributed by atoms with van der Waals surface area (Å²) in [6, 6.07) is 23.8. The first kappa shape index (κ1) is 59.8. The van der Waals surface area contributed by atoms with Crippen molar-refractivity contribution < 1.29 is 70.2 Å². The average Bonchev–Trinajstić information content (AvgIpc) is 3.71. The monoisotopic (exact) mass is 1160 g/mol. The van der Waals surface area contributed by atoms with Crippen LogP contribution >= 0.6 is 0 Å². The molecule has 0 spiro atoms. The van der Waals surface area contributed by atoms with E-state index in [2.05, 4.69) is 24.6 Å². The maximum atomic E-state index is 15.2. The van der Waals surface area contributed by atoms with Crippen LogP contribution in [0.5, 0.6) is 34.5 Å². The zero-order chi connectivity index (χ0) is 59.0. The number of fused-ring (bicyclic) bond motifs is 4. The Kier molecular flexibility index (Phi) is 18.9. The van der Waals surface area contributed by atoms with E-state index in [9.17, 15) is 32.7 Å². The molecular formula is C63H68F4N4O11Si. The normalized spacial score (nSPS) is 14.8. The van der Waals surface area contributed by atoms with Crippen LogP contribution in [0.4, 0.5) is 23.2 Å². The number of ketones is 3. The van der Waals surface area contributed by atoms with E-state index in [1.54, 1.807) is 67.7 Å². The second-order valence-electron chi connectivity index (χ2n) is 21.9. The highest BCUT2D eigenvalue weighted by molar-refractivity contribution is 6.76. The number of methoxy groups -OCH3 is 2. The van der Waals surface area contributed by atoms with E-state index >= 15 is 4.39 Å². The van der Waals surface area contributed by atoms with E-state index in [1.807, 2.05) is 17.0 Å². The lowest BCUT2D eigenvalue weighted by atomic mass is 9.91. The Hall–Kier alpha value is -7.81. The molecule has 0 fully saturated rings. The van der Waals surface area contributed by atoms with Crippen molar-refractivity contribution in [2.75, 3.05) is 78.8 Å². The van der Waals surface area contributed by atoms with Crippen molar-refractivity contribution in [2.24, 2.45) is 0 Å². The van der Waals surface area contributed by atoms with Crippen LogP contribution in [0.25, 0.3) is 22.2 Å². The molecule has 3 aliphatic rings. The van der Waals surface area contributed by atoms with Gasteiger partial charge < -0.3 is 48.1 Å². The van der Waals surface area contributed by atoms with Crippen LogP contribution < -0.4 is 33.3 Å². The van der Waals surface area contributed by atoms with E-state index in [-0.39, 0.29) is 86.2 Å². The number of pyridine rings is 2. The summed E-state index contributed by atoms with van der Waals surface area (Å²) in [5.41, 5.74) is 5.21. The van der Waals surface area contributed by atoms with Crippen molar-refractivity contribution in [3.05, 3.63) is 148 Å². The lowest BCUT2D eigenvalue weighted by Crippen LogP contribution is -2.28. The number of halogens is 4. The molecule has 3 aromatic heterocycles. The molecule has 0 radical (unpaired) electrons. The van der Waals surface area contributed by atoms with Gasteiger partial charge in [-0.25, -0.2) is 27.5 Å². The third-order valence-corrected chi connectivity index (χ3v) is 16.6. The molecule has 0 bridgehead atoms. The molecule has 15 nitrogen and oxygen atoms in total. The second kappa shape index (κ2) is 26.2. The lowest BCUT2D eigenvalue weighted by molar-refractivity contribution is 0.0397. The van der Waals surface area contributed by atoms with Crippen LogP contribution in [-0.4, -0.2) is 119 Å². The fraction of sp³-hybridized carbons (Fsp3) is 0.381. The maximum Gasteiger partial charge on any atom is 0.181 e. The highest BCUT2D eigenvalue weighted by Gasteiger charge is 2.38. The number of para-hydroxylation sites is 2. The predicted octanol–water partition coefficient (Wildman–Crippen LogP) is 12.2. The van der Waals surface area contributed by atoms with Crippen LogP contribution in [0.3, 0.4) is 0 Å². The molecule has 0 aliphatic carbocycles. The van der Waals surface area contributed by atoms with E-state index in [4.69, 9.17) is 43.1 Å². The number of rotatable bonds is 25. The minimum absolute atomic E-state index is 0.0305. The van der Waals surface area contributed by atoms with Crippen LogP contribution in [0.1, 0.15) is 97.8 Å². The number of carbonyl (C=O) groups excluding carboxylic acids is 3. The van der Waals surface area contributed by atoms with Gasteiger partial charge in [0.15, 0.2) is 40.3 Å². The number of nitrogens with one attached hydrogen (secondary N) is 1. The predicted molar refractivity (Wildman–Crippen MR) is 309 cm³/mol. The number of aromatic nitrogens is 3.